The molecule has 0 radical (unpaired) electrons. The van der Waals surface area contributed by atoms with Crippen LogP contribution in [-0.2, 0) is 27.4 Å². The van der Waals surface area contributed by atoms with Crippen LogP contribution in [0.5, 0.6) is 0 Å². The molecule has 27 heavy (non-hydrogen) atoms. The predicted molar refractivity (Wildman–Crippen MR) is 101 cm³/mol. The van der Waals surface area contributed by atoms with E-state index in [1.165, 1.54) is 0 Å². The normalized spacial score (nSPS) is 11.3. The summed E-state index contributed by atoms with van der Waals surface area (Å²) in [6.07, 6.45) is 1.03. The summed E-state index contributed by atoms with van der Waals surface area (Å²) < 4.78 is 5.57. The van der Waals surface area contributed by atoms with Crippen LogP contribution in [0.15, 0.2) is 53.3 Å². The zero-order chi connectivity index (χ0) is 19.6. The number of nitrogens with one attached hydrogen (secondary N) is 2. The number of aromatic nitrogens is 1. The minimum Gasteiger partial charge on any atom is -0.445 e. The quantitative estimate of drug-likeness (QED) is 0.539. The lowest BCUT2D eigenvalue weighted by Gasteiger charge is -2.16. The Labute approximate surface area is 164 Å². The van der Waals surface area contributed by atoms with Crippen LogP contribution < -0.4 is 16.4 Å². The molecule has 1 aromatic heterocycles. The zero-order valence-electron chi connectivity index (χ0n) is 14.4. The number of carbonyl (C=O) groups is 3. The molecule has 0 aliphatic heterocycles. The zero-order valence-corrected chi connectivity index (χ0v) is 15.9. The predicted octanol–water partition coefficient (Wildman–Crippen LogP) is 1.28. The van der Waals surface area contributed by atoms with Gasteiger partial charge < -0.3 is 21.1 Å². The monoisotopic (exact) mass is 434 g/mol. The Morgan fingerprint density at radius 3 is 2.56 bits per heavy atom. The van der Waals surface area contributed by atoms with Crippen molar-refractivity contribution in [3.63, 3.8) is 0 Å². The Balaban J connectivity index is 1.79. The number of nitrogens with two attached hydrogens (primary N) is 1. The lowest BCUT2D eigenvalue weighted by atomic mass is 10.1. The topological polar surface area (TPSA) is 123 Å². The highest BCUT2D eigenvalue weighted by molar-refractivity contribution is 9.10. The van der Waals surface area contributed by atoms with E-state index >= 15 is 0 Å². The highest BCUT2D eigenvalue weighted by Crippen LogP contribution is 2.14. The number of alkyl carbamates (subject to hydrolysis) is 1. The van der Waals surface area contributed by atoms with Crippen molar-refractivity contribution in [2.24, 2.45) is 5.73 Å². The highest BCUT2D eigenvalue weighted by atomic mass is 79.9. The molecule has 3 amide bonds. The minimum atomic E-state index is -0.930. The van der Waals surface area contributed by atoms with E-state index < -0.39 is 23.9 Å². The molecule has 0 fully saturated rings. The summed E-state index contributed by atoms with van der Waals surface area (Å²) in [5.41, 5.74) is 6.90. The third kappa shape index (κ3) is 7.06. The van der Waals surface area contributed by atoms with Gasteiger partial charge in [-0.2, -0.15) is 0 Å². The second kappa shape index (κ2) is 10.3. The summed E-state index contributed by atoms with van der Waals surface area (Å²) in [5.74, 6) is -1.25. The number of carbonyl (C=O) groups excluding carboxylic acids is 3. The number of rotatable bonds is 8. The van der Waals surface area contributed by atoms with Crippen LogP contribution >= 0.6 is 15.9 Å². The molecule has 2 aromatic rings. The lowest BCUT2D eigenvalue weighted by molar-refractivity contribution is -0.126. The van der Waals surface area contributed by atoms with Crippen LogP contribution in [0.4, 0.5) is 4.79 Å². The third-order valence-corrected chi connectivity index (χ3v) is 4.26. The standard InChI is InChI=1S/C18H19BrN4O4/c19-16-13(7-4-8-21-16)9-14(17(20)25)23-15(24)10-22-18(26)27-11-12-5-2-1-3-6-12/h1-8,14H,9-11H2,(H2,20,25)(H,22,26)(H,23,24)/t14-/m0/s1. The van der Waals surface area contributed by atoms with E-state index in [2.05, 4.69) is 31.5 Å². The fourth-order valence-electron chi connectivity index (χ4n) is 2.19. The lowest BCUT2D eigenvalue weighted by Crippen LogP contribution is -2.49. The third-order valence-electron chi connectivity index (χ3n) is 3.55. The molecule has 1 atom stereocenters. The van der Waals surface area contributed by atoms with Crippen molar-refractivity contribution in [2.45, 2.75) is 19.1 Å². The SMILES string of the molecule is NC(=O)[C@H](Cc1cccnc1Br)NC(=O)CNC(=O)OCc1ccccc1. The van der Waals surface area contributed by atoms with Crippen molar-refractivity contribution in [1.82, 2.24) is 15.6 Å². The van der Waals surface area contributed by atoms with Crippen LogP contribution in [0.2, 0.25) is 0 Å². The first-order valence-electron chi connectivity index (χ1n) is 8.08. The molecule has 9 heteroatoms. The van der Waals surface area contributed by atoms with E-state index in [1.54, 1.807) is 18.3 Å². The summed E-state index contributed by atoms with van der Waals surface area (Å²) >= 11 is 3.28. The Morgan fingerprint density at radius 1 is 1.15 bits per heavy atom. The second-order valence-electron chi connectivity index (χ2n) is 5.60. The van der Waals surface area contributed by atoms with Crippen molar-refractivity contribution >= 4 is 33.8 Å². The summed E-state index contributed by atoms with van der Waals surface area (Å²) in [6.45, 7) is -0.251. The number of hydrogen-bond acceptors (Lipinski definition) is 5. The summed E-state index contributed by atoms with van der Waals surface area (Å²) in [4.78, 5) is 39.3. The molecule has 0 aliphatic rings. The van der Waals surface area contributed by atoms with Gasteiger partial charge in [0.2, 0.25) is 11.8 Å². The van der Waals surface area contributed by atoms with Crippen molar-refractivity contribution in [1.29, 1.82) is 0 Å². The Kier molecular flexibility index (Phi) is 7.75. The smallest absolute Gasteiger partial charge is 0.407 e. The highest BCUT2D eigenvalue weighted by Gasteiger charge is 2.20. The van der Waals surface area contributed by atoms with Gasteiger partial charge in [-0.1, -0.05) is 36.4 Å². The van der Waals surface area contributed by atoms with Gasteiger partial charge in [0.05, 0.1) is 0 Å². The molecular formula is C18H19BrN4O4. The molecular weight excluding hydrogens is 416 g/mol. The maximum Gasteiger partial charge on any atom is 0.407 e. The molecule has 0 bridgehead atoms. The summed E-state index contributed by atoms with van der Waals surface area (Å²) in [7, 11) is 0. The van der Waals surface area contributed by atoms with Crippen LogP contribution in [0.1, 0.15) is 11.1 Å². The number of primary amides is 1. The number of nitrogens with zero attached hydrogens (tertiary/aromatic N) is 1. The summed E-state index contributed by atoms with van der Waals surface area (Å²) in [5, 5.41) is 4.81. The van der Waals surface area contributed by atoms with Crippen molar-refractivity contribution in [3.05, 3.63) is 64.4 Å². The van der Waals surface area contributed by atoms with Gasteiger partial charge in [-0.05, 0) is 33.1 Å². The van der Waals surface area contributed by atoms with Gasteiger partial charge >= 0.3 is 6.09 Å². The van der Waals surface area contributed by atoms with E-state index in [0.29, 0.717) is 4.60 Å². The average molecular weight is 435 g/mol. The molecule has 0 aliphatic carbocycles. The Morgan fingerprint density at radius 2 is 1.89 bits per heavy atom. The summed E-state index contributed by atoms with van der Waals surface area (Å²) in [6, 6.07) is 11.7. The van der Waals surface area contributed by atoms with Gasteiger partial charge in [-0.25, -0.2) is 9.78 Å². The first kappa shape index (κ1) is 20.4. The maximum atomic E-state index is 12.0. The van der Waals surface area contributed by atoms with Crippen LogP contribution in [-0.4, -0.2) is 35.5 Å². The molecule has 1 aromatic carbocycles. The van der Waals surface area contributed by atoms with Crippen molar-refractivity contribution in [2.75, 3.05) is 6.54 Å². The molecule has 142 valence electrons. The van der Waals surface area contributed by atoms with E-state index in [4.69, 9.17) is 10.5 Å². The number of halogens is 1. The Hall–Kier alpha value is -2.94. The average Bonchev–Trinajstić information content (AvgIpc) is 2.66. The van der Waals surface area contributed by atoms with Gasteiger partial charge in [0.15, 0.2) is 0 Å². The van der Waals surface area contributed by atoms with Crippen molar-refractivity contribution in [3.8, 4) is 0 Å². The molecule has 0 unspecified atom stereocenters. The number of ether oxygens (including phenoxy) is 1. The molecule has 1 heterocycles. The molecule has 2 rings (SSSR count). The number of benzene rings is 1. The van der Waals surface area contributed by atoms with Gasteiger partial charge in [0.1, 0.15) is 23.8 Å². The van der Waals surface area contributed by atoms with Crippen LogP contribution in [0, 0.1) is 0 Å². The number of hydrogen-bond donors (Lipinski definition) is 3. The van der Waals surface area contributed by atoms with E-state index in [9.17, 15) is 14.4 Å². The molecule has 0 spiro atoms. The maximum absolute atomic E-state index is 12.0. The van der Waals surface area contributed by atoms with Gasteiger partial charge in [0.25, 0.3) is 0 Å². The van der Waals surface area contributed by atoms with Gasteiger partial charge in [-0.15, -0.1) is 0 Å². The molecule has 0 saturated carbocycles. The fraction of sp³-hybridized carbons (Fsp3) is 0.222. The molecule has 0 saturated heterocycles. The largest absolute Gasteiger partial charge is 0.445 e. The molecule has 4 N–H and O–H groups in total. The van der Waals surface area contributed by atoms with Crippen LogP contribution in [0.25, 0.3) is 0 Å². The molecule has 8 nitrogen and oxygen atoms in total. The fourth-order valence-corrected chi connectivity index (χ4v) is 2.60. The van der Waals surface area contributed by atoms with E-state index in [1.807, 2.05) is 30.3 Å². The second-order valence-corrected chi connectivity index (χ2v) is 6.35. The van der Waals surface area contributed by atoms with Gasteiger partial charge in [0, 0.05) is 12.6 Å². The van der Waals surface area contributed by atoms with Crippen molar-refractivity contribution < 1.29 is 19.1 Å². The Bertz CT molecular complexity index is 801. The number of pyridine rings is 1. The first-order valence-corrected chi connectivity index (χ1v) is 8.87. The minimum absolute atomic E-state index is 0.0905. The number of amides is 3. The van der Waals surface area contributed by atoms with Crippen LogP contribution in [0.3, 0.4) is 0 Å². The van der Waals surface area contributed by atoms with E-state index in [0.717, 1.165) is 11.1 Å². The first-order chi connectivity index (χ1) is 13.0. The van der Waals surface area contributed by atoms with E-state index in [-0.39, 0.29) is 19.6 Å². The van der Waals surface area contributed by atoms with Gasteiger partial charge in [-0.3, -0.25) is 9.59 Å².